The Morgan fingerprint density at radius 1 is 1.05 bits per heavy atom. The molecular formula is C16H18OS2. The maximum Gasteiger partial charge on any atom is 0.168 e. The molecule has 1 aromatic carbocycles. The third-order valence-corrected chi connectivity index (χ3v) is 5.01. The Hall–Kier alpha value is -1.06. The predicted molar refractivity (Wildman–Crippen MR) is 84.6 cm³/mol. The van der Waals surface area contributed by atoms with Gasteiger partial charge in [-0.25, -0.2) is 0 Å². The summed E-state index contributed by atoms with van der Waals surface area (Å²) in [6.07, 6.45) is 1.56. The molecule has 0 bridgehead atoms. The molecule has 0 N–H and O–H groups in total. The summed E-state index contributed by atoms with van der Waals surface area (Å²) < 4.78 is 0. The molecule has 1 nitrogen and oxygen atoms in total. The number of thioether (sulfide) groups is 1. The van der Waals surface area contributed by atoms with Gasteiger partial charge in [-0.1, -0.05) is 26.0 Å². The summed E-state index contributed by atoms with van der Waals surface area (Å²) in [5.41, 5.74) is 0.812. The van der Waals surface area contributed by atoms with Crippen LogP contribution in [0.3, 0.4) is 0 Å². The van der Waals surface area contributed by atoms with Crippen LogP contribution < -0.4 is 0 Å². The van der Waals surface area contributed by atoms with E-state index in [1.54, 1.807) is 23.1 Å². The number of carbonyl (C=O) groups excluding carboxylic acids is 1. The monoisotopic (exact) mass is 290 g/mol. The van der Waals surface area contributed by atoms with Crippen LogP contribution in [-0.4, -0.2) is 11.5 Å². The minimum Gasteiger partial charge on any atom is -0.294 e. The molecular weight excluding hydrogens is 272 g/mol. The topological polar surface area (TPSA) is 17.1 Å². The molecule has 1 aromatic heterocycles. The highest BCUT2D eigenvalue weighted by molar-refractivity contribution is 7.99. The van der Waals surface area contributed by atoms with E-state index in [4.69, 9.17) is 0 Å². The van der Waals surface area contributed by atoms with Crippen molar-refractivity contribution in [3.63, 3.8) is 0 Å². The average molecular weight is 290 g/mol. The Kier molecular flexibility index (Phi) is 5.23. The molecule has 0 radical (unpaired) electrons. The van der Waals surface area contributed by atoms with E-state index in [1.807, 2.05) is 24.3 Å². The van der Waals surface area contributed by atoms with Gasteiger partial charge < -0.3 is 0 Å². The molecule has 0 unspecified atom stereocenters. The molecule has 0 atom stereocenters. The van der Waals surface area contributed by atoms with Crippen LogP contribution in [0.25, 0.3) is 0 Å². The van der Waals surface area contributed by atoms with Gasteiger partial charge in [-0.15, -0.1) is 23.1 Å². The van der Waals surface area contributed by atoms with Gasteiger partial charge in [-0.3, -0.25) is 4.79 Å². The van der Waals surface area contributed by atoms with Gasteiger partial charge in [0.05, 0.1) is 0 Å². The van der Waals surface area contributed by atoms with Crippen molar-refractivity contribution in [2.24, 2.45) is 0 Å². The molecule has 1 heterocycles. The second kappa shape index (κ2) is 6.92. The van der Waals surface area contributed by atoms with E-state index < -0.39 is 0 Å². The van der Waals surface area contributed by atoms with Gasteiger partial charge in [0.25, 0.3) is 0 Å². The van der Waals surface area contributed by atoms with E-state index >= 15 is 0 Å². The van der Waals surface area contributed by atoms with Crippen molar-refractivity contribution in [2.45, 2.75) is 31.6 Å². The third kappa shape index (κ3) is 3.95. The first kappa shape index (κ1) is 14.4. The molecule has 0 amide bonds. The number of ketones is 1. The number of benzene rings is 1. The van der Waals surface area contributed by atoms with Gasteiger partial charge >= 0.3 is 0 Å². The largest absolute Gasteiger partial charge is 0.294 e. The van der Waals surface area contributed by atoms with E-state index in [0.717, 1.165) is 22.6 Å². The molecule has 2 rings (SSSR count). The van der Waals surface area contributed by atoms with Crippen molar-refractivity contribution in [3.8, 4) is 0 Å². The molecule has 0 aliphatic rings. The van der Waals surface area contributed by atoms with Gasteiger partial charge in [0, 0.05) is 26.6 Å². The Bertz CT molecular complexity index is 540. The Morgan fingerprint density at radius 2 is 1.74 bits per heavy atom. The first-order valence-corrected chi connectivity index (χ1v) is 8.36. The molecule has 0 saturated heterocycles. The maximum absolute atomic E-state index is 12.2. The minimum absolute atomic E-state index is 0.206. The lowest BCUT2D eigenvalue weighted by molar-refractivity contribution is 0.0994. The number of Topliss-reactive ketones (excluding diaryl/α,β-unsaturated/α-hetero) is 1. The van der Waals surface area contributed by atoms with Crippen LogP contribution in [0.15, 0.2) is 41.3 Å². The zero-order valence-electron chi connectivity index (χ0n) is 11.3. The predicted octanol–water partition coefficient (Wildman–Crippen LogP) is 4.85. The summed E-state index contributed by atoms with van der Waals surface area (Å²) in [6.45, 7) is 4.27. The summed E-state index contributed by atoms with van der Waals surface area (Å²) in [4.78, 5) is 15.9. The van der Waals surface area contributed by atoms with Gasteiger partial charge in [0.1, 0.15) is 0 Å². The first-order chi connectivity index (χ1) is 9.22. The first-order valence-electron chi connectivity index (χ1n) is 6.56. The third-order valence-electron chi connectivity index (χ3n) is 2.89. The van der Waals surface area contributed by atoms with E-state index in [2.05, 4.69) is 26.0 Å². The number of hydrogen-bond donors (Lipinski definition) is 0. The van der Waals surface area contributed by atoms with Crippen LogP contribution >= 0.6 is 23.1 Å². The Morgan fingerprint density at radius 3 is 2.32 bits per heavy atom. The van der Waals surface area contributed by atoms with Crippen LogP contribution in [0.5, 0.6) is 0 Å². The van der Waals surface area contributed by atoms with Gasteiger partial charge in [-0.2, -0.15) is 0 Å². The minimum atomic E-state index is 0.206. The van der Waals surface area contributed by atoms with Gasteiger partial charge in [-0.05, 0) is 36.4 Å². The molecule has 100 valence electrons. The molecule has 0 spiro atoms. The van der Waals surface area contributed by atoms with Crippen molar-refractivity contribution in [1.82, 2.24) is 0 Å². The zero-order valence-corrected chi connectivity index (χ0v) is 12.9. The SMILES string of the molecule is CCSc1ccc(C(=O)Cc2ccc(CC)s2)cc1. The van der Waals surface area contributed by atoms with E-state index in [9.17, 15) is 4.79 Å². The number of hydrogen-bond acceptors (Lipinski definition) is 3. The number of aryl methyl sites for hydroxylation is 1. The summed E-state index contributed by atoms with van der Waals surface area (Å²) in [5.74, 6) is 1.26. The quantitative estimate of drug-likeness (QED) is 0.559. The fourth-order valence-electron chi connectivity index (χ4n) is 1.87. The fraction of sp³-hybridized carbons (Fsp3) is 0.312. The van der Waals surface area contributed by atoms with Crippen molar-refractivity contribution < 1.29 is 4.79 Å². The van der Waals surface area contributed by atoms with E-state index in [-0.39, 0.29) is 5.78 Å². The van der Waals surface area contributed by atoms with Crippen LogP contribution in [0.2, 0.25) is 0 Å². The Labute approximate surface area is 123 Å². The molecule has 0 fully saturated rings. The summed E-state index contributed by atoms with van der Waals surface area (Å²) >= 11 is 3.54. The smallest absolute Gasteiger partial charge is 0.168 e. The molecule has 0 aliphatic carbocycles. The number of rotatable bonds is 6. The fourth-order valence-corrected chi connectivity index (χ4v) is 3.49. The van der Waals surface area contributed by atoms with Crippen LogP contribution in [0.1, 0.15) is 34.0 Å². The second-order valence-corrected chi connectivity index (χ2v) is 6.87. The second-order valence-electron chi connectivity index (χ2n) is 4.28. The lowest BCUT2D eigenvalue weighted by Gasteiger charge is -2.02. The molecule has 3 heteroatoms. The molecule has 19 heavy (non-hydrogen) atoms. The number of carbonyl (C=O) groups is 1. The lowest BCUT2D eigenvalue weighted by atomic mass is 10.1. The van der Waals surface area contributed by atoms with Crippen molar-refractivity contribution in [2.75, 3.05) is 5.75 Å². The zero-order chi connectivity index (χ0) is 13.7. The highest BCUT2D eigenvalue weighted by Gasteiger charge is 2.09. The van der Waals surface area contributed by atoms with Crippen LogP contribution in [0.4, 0.5) is 0 Å². The highest BCUT2D eigenvalue weighted by atomic mass is 32.2. The van der Waals surface area contributed by atoms with Gasteiger partial charge in [0.15, 0.2) is 5.78 Å². The molecule has 0 saturated carbocycles. The van der Waals surface area contributed by atoms with Crippen molar-refractivity contribution in [3.05, 3.63) is 51.7 Å². The van der Waals surface area contributed by atoms with Gasteiger partial charge in [0.2, 0.25) is 0 Å². The Balaban J connectivity index is 2.02. The average Bonchev–Trinajstić information content (AvgIpc) is 2.87. The molecule has 2 aromatic rings. The summed E-state index contributed by atoms with van der Waals surface area (Å²) in [7, 11) is 0. The van der Waals surface area contributed by atoms with Crippen LogP contribution in [0, 0.1) is 0 Å². The van der Waals surface area contributed by atoms with Crippen molar-refractivity contribution in [1.29, 1.82) is 0 Å². The van der Waals surface area contributed by atoms with E-state index in [0.29, 0.717) is 6.42 Å². The highest BCUT2D eigenvalue weighted by Crippen LogP contribution is 2.21. The normalized spacial score (nSPS) is 10.6. The summed E-state index contributed by atoms with van der Waals surface area (Å²) in [5, 5.41) is 0. The van der Waals surface area contributed by atoms with E-state index in [1.165, 1.54) is 9.77 Å². The lowest BCUT2D eigenvalue weighted by Crippen LogP contribution is -2.01. The molecule has 0 aliphatic heterocycles. The van der Waals surface area contributed by atoms with Crippen molar-refractivity contribution >= 4 is 28.9 Å². The van der Waals surface area contributed by atoms with Crippen LogP contribution in [-0.2, 0) is 12.8 Å². The maximum atomic E-state index is 12.2. The number of thiophene rings is 1. The standard InChI is InChI=1S/C16H18OS2/c1-3-13-9-10-15(19-13)11-16(17)12-5-7-14(8-6-12)18-4-2/h5-10H,3-4,11H2,1-2H3. The summed E-state index contributed by atoms with van der Waals surface area (Å²) in [6, 6.07) is 12.1.